The fourth-order valence-electron chi connectivity index (χ4n) is 2.15. The maximum Gasteiger partial charge on any atom is 0.251 e. The predicted octanol–water partition coefficient (Wildman–Crippen LogP) is 3.13. The predicted molar refractivity (Wildman–Crippen MR) is 89.3 cm³/mol. The number of aromatic nitrogens is 2. The molecule has 0 spiro atoms. The van der Waals surface area contributed by atoms with E-state index in [1.54, 1.807) is 18.2 Å². The Morgan fingerprint density at radius 2 is 2.14 bits per heavy atom. The molecule has 0 fully saturated rings. The van der Waals surface area contributed by atoms with Gasteiger partial charge in [0.15, 0.2) is 0 Å². The van der Waals surface area contributed by atoms with Crippen LogP contribution in [0.4, 0.5) is 5.69 Å². The van der Waals surface area contributed by atoms with Crippen LogP contribution in [-0.2, 0) is 13.6 Å². The van der Waals surface area contributed by atoms with Gasteiger partial charge in [0.2, 0.25) is 0 Å². The molecule has 0 saturated heterocycles. The van der Waals surface area contributed by atoms with Gasteiger partial charge in [0, 0.05) is 18.7 Å². The normalized spacial score (nSPS) is 10.8. The Morgan fingerprint density at radius 1 is 1.41 bits per heavy atom. The molecule has 0 atom stereocenters. The van der Waals surface area contributed by atoms with E-state index < -0.39 is 0 Å². The summed E-state index contributed by atoms with van der Waals surface area (Å²) in [6, 6.07) is 5.32. The van der Waals surface area contributed by atoms with Crippen LogP contribution in [0.2, 0.25) is 5.02 Å². The van der Waals surface area contributed by atoms with Gasteiger partial charge in [-0.2, -0.15) is 5.10 Å². The third kappa shape index (κ3) is 3.80. The zero-order valence-corrected chi connectivity index (χ0v) is 14.0. The summed E-state index contributed by atoms with van der Waals surface area (Å²) < 4.78 is 1.82. The highest BCUT2D eigenvalue weighted by Gasteiger charge is 2.11. The van der Waals surface area contributed by atoms with E-state index in [0.29, 0.717) is 17.1 Å². The number of carbonyl (C=O) groups excluding carboxylic acids is 1. The van der Waals surface area contributed by atoms with Crippen LogP contribution in [0.25, 0.3) is 0 Å². The highest BCUT2D eigenvalue weighted by Crippen LogP contribution is 2.24. The molecule has 1 aromatic carbocycles. The van der Waals surface area contributed by atoms with Crippen molar-refractivity contribution in [2.45, 2.75) is 33.4 Å². The molecule has 6 heteroatoms. The number of anilines is 1. The van der Waals surface area contributed by atoms with Crippen LogP contribution < -0.4 is 10.6 Å². The molecule has 0 unspecified atom stereocenters. The number of benzene rings is 1. The molecule has 22 heavy (non-hydrogen) atoms. The molecule has 2 N–H and O–H groups in total. The van der Waals surface area contributed by atoms with Crippen LogP contribution in [0.15, 0.2) is 24.4 Å². The van der Waals surface area contributed by atoms with Crippen LogP contribution in [-0.4, -0.2) is 21.7 Å². The van der Waals surface area contributed by atoms with E-state index in [4.69, 9.17) is 11.6 Å². The van der Waals surface area contributed by atoms with Crippen LogP contribution >= 0.6 is 11.6 Å². The second-order valence-electron chi connectivity index (χ2n) is 5.57. The number of amides is 1. The average Bonchev–Trinajstić information content (AvgIpc) is 2.76. The first-order valence-electron chi connectivity index (χ1n) is 7.20. The van der Waals surface area contributed by atoms with E-state index in [1.165, 1.54) is 0 Å². The minimum atomic E-state index is -0.105. The van der Waals surface area contributed by atoms with Gasteiger partial charge in [-0.05, 0) is 44.5 Å². The number of hydrogen-bond donors (Lipinski definition) is 2. The van der Waals surface area contributed by atoms with Crippen molar-refractivity contribution < 1.29 is 4.79 Å². The lowest BCUT2D eigenvalue weighted by atomic mass is 10.1. The first-order chi connectivity index (χ1) is 10.4. The molecule has 0 aliphatic carbocycles. The summed E-state index contributed by atoms with van der Waals surface area (Å²) in [6.45, 7) is 6.46. The van der Waals surface area contributed by atoms with Gasteiger partial charge in [0.05, 0.1) is 29.1 Å². The van der Waals surface area contributed by atoms with Crippen molar-refractivity contribution in [1.29, 1.82) is 0 Å². The minimum Gasteiger partial charge on any atom is -0.378 e. The third-order valence-electron chi connectivity index (χ3n) is 3.37. The molecule has 2 aromatic rings. The summed E-state index contributed by atoms with van der Waals surface area (Å²) in [6.07, 6.45) is 1.82. The number of carbonyl (C=O) groups is 1. The van der Waals surface area contributed by atoms with Crippen LogP contribution in [0.5, 0.6) is 0 Å². The summed E-state index contributed by atoms with van der Waals surface area (Å²) in [5, 5.41) is 10.9. The number of hydrogen-bond acceptors (Lipinski definition) is 3. The first-order valence-corrected chi connectivity index (χ1v) is 7.58. The molecule has 0 aliphatic heterocycles. The second-order valence-corrected chi connectivity index (χ2v) is 5.98. The van der Waals surface area contributed by atoms with E-state index in [-0.39, 0.29) is 11.9 Å². The summed E-state index contributed by atoms with van der Waals surface area (Å²) >= 11 is 6.21. The number of nitrogens with zero attached hydrogens (tertiary/aromatic N) is 2. The molecule has 1 heterocycles. The Balaban J connectivity index is 2.15. The van der Waals surface area contributed by atoms with Crippen LogP contribution in [0.1, 0.15) is 35.5 Å². The second kappa shape index (κ2) is 6.83. The van der Waals surface area contributed by atoms with Gasteiger partial charge in [-0.1, -0.05) is 11.6 Å². The van der Waals surface area contributed by atoms with Crippen LogP contribution in [0, 0.1) is 6.92 Å². The van der Waals surface area contributed by atoms with E-state index in [1.807, 2.05) is 38.7 Å². The number of aryl methyl sites for hydroxylation is 2. The van der Waals surface area contributed by atoms with Gasteiger partial charge in [-0.15, -0.1) is 0 Å². The lowest BCUT2D eigenvalue weighted by Crippen LogP contribution is -2.30. The van der Waals surface area contributed by atoms with Gasteiger partial charge in [-0.3, -0.25) is 9.48 Å². The van der Waals surface area contributed by atoms with E-state index >= 15 is 0 Å². The Hall–Kier alpha value is -2.01. The Kier molecular flexibility index (Phi) is 5.08. The Bertz CT molecular complexity index is 659. The van der Waals surface area contributed by atoms with Gasteiger partial charge in [0.1, 0.15) is 0 Å². The highest BCUT2D eigenvalue weighted by atomic mass is 35.5. The molecular weight excluding hydrogens is 300 g/mol. The third-order valence-corrected chi connectivity index (χ3v) is 3.69. The molecule has 1 amide bonds. The lowest BCUT2D eigenvalue weighted by molar-refractivity contribution is 0.0943. The van der Waals surface area contributed by atoms with Gasteiger partial charge in [-0.25, -0.2) is 0 Å². The topological polar surface area (TPSA) is 59.0 Å². The minimum absolute atomic E-state index is 0.0941. The quantitative estimate of drug-likeness (QED) is 0.890. The number of rotatable bonds is 5. The lowest BCUT2D eigenvalue weighted by Gasteiger charge is -2.13. The van der Waals surface area contributed by atoms with E-state index in [2.05, 4.69) is 15.7 Å². The van der Waals surface area contributed by atoms with Crippen molar-refractivity contribution in [2.24, 2.45) is 7.05 Å². The van der Waals surface area contributed by atoms with Crippen molar-refractivity contribution >= 4 is 23.2 Å². The molecule has 0 bridgehead atoms. The standard InChI is InChI=1S/C16H21ClN4O/c1-10(2)20-16(22)12-5-6-13(17)14(7-12)18-9-15-11(3)8-19-21(15)4/h5-8,10,18H,9H2,1-4H3,(H,20,22). The summed E-state index contributed by atoms with van der Waals surface area (Å²) in [4.78, 5) is 12.1. The zero-order chi connectivity index (χ0) is 16.3. The monoisotopic (exact) mass is 320 g/mol. The number of halogens is 1. The molecule has 2 rings (SSSR count). The largest absolute Gasteiger partial charge is 0.378 e. The zero-order valence-electron chi connectivity index (χ0n) is 13.3. The van der Waals surface area contributed by atoms with E-state index in [0.717, 1.165) is 16.9 Å². The molecule has 5 nitrogen and oxygen atoms in total. The Labute approximate surface area is 135 Å². The smallest absolute Gasteiger partial charge is 0.251 e. The summed E-state index contributed by atoms with van der Waals surface area (Å²) in [5.41, 5.74) is 3.51. The number of nitrogens with one attached hydrogen (secondary N) is 2. The van der Waals surface area contributed by atoms with Crippen LogP contribution in [0.3, 0.4) is 0 Å². The molecule has 118 valence electrons. The van der Waals surface area contributed by atoms with Crippen molar-refractivity contribution in [3.63, 3.8) is 0 Å². The first kappa shape index (κ1) is 16.4. The average molecular weight is 321 g/mol. The highest BCUT2D eigenvalue weighted by molar-refractivity contribution is 6.33. The summed E-state index contributed by atoms with van der Waals surface area (Å²) in [7, 11) is 1.90. The summed E-state index contributed by atoms with van der Waals surface area (Å²) in [5.74, 6) is -0.105. The Morgan fingerprint density at radius 3 is 2.73 bits per heavy atom. The molecule has 0 radical (unpaired) electrons. The molecular formula is C16H21ClN4O. The molecule has 0 aliphatic rings. The molecule has 0 saturated carbocycles. The van der Waals surface area contributed by atoms with Gasteiger partial charge < -0.3 is 10.6 Å². The van der Waals surface area contributed by atoms with Gasteiger partial charge in [0.25, 0.3) is 5.91 Å². The van der Waals surface area contributed by atoms with E-state index in [9.17, 15) is 4.79 Å². The maximum absolute atomic E-state index is 12.1. The maximum atomic E-state index is 12.1. The van der Waals surface area contributed by atoms with Crippen molar-refractivity contribution in [1.82, 2.24) is 15.1 Å². The van der Waals surface area contributed by atoms with Crippen molar-refractivity contribution in [2.75, 3.05) is 5.32 Å². The van der Waals surface area contributed by atoms with Gasteiger partial charge >= 0.3 is 0 Å². The SMILES string of the molecule is Cc1cnn(C)c1CNc1cc(C(=O)NC(C)C)ccc1Cl. The fourth-order valence-corrected chi connectivity index (χ4v) is 2.34. The molecule has 1 aromatic heterocycles. The fraction of sp³-hybridized carbons (Fsp3) is 0.375. The van der Waals surface area contributed by atoms with Crippen molar-refractivity contribution in [3.8, 4) is 0 Å². The van der Waals surface area contributed by atoms with Crippen molar-refractivity contribution in [3.05, 3.63) is 46.2 Å².